The minimum absolute atomic E-state index is 0.267. The van der Waals surface area contributed by atoms with Crippen molar-refractivity contribution >= 4 is 34.3 Å². The number of benzene rings is 1. The Bertz CT molecular complexity index is 456. The van der Waals surface area contributed by atoms with Crippen molar-refractivity contribution in [3.8, 4) is 0 Å². The summed E-state index contributed by atoms with van der Waals surface area (Å²) in [5.74, 6) is 0. The molecule has 0 bridgehead atoms. The predicted octanol–water partition coefficient (Wildman–Crippen LogP) is 3.43. The number of hydrogen-bond acceptors (Lipinski definition) is 4. The van der Waals surface area contributed by atoms with E-state index < -0.39 is 0 Å². The van der Waals surface area contributed by atoms with Gasteiger partial charge in [0.05, 0.1) is 29.7 Å². The summed E-state index contributed by atoms with van der Waals surface area (Å²) in [6.45, 7) is 3.18. The molecular formula is C13H16IN3S. The zero-order valence-corrected chi connectivity index (χ0v) is 13.2. The Kier molecular flexibility index (Phi) is 5.52. The lowest BCUT2D eigenvalue weighted by atomic mass is 10.0. The van der Waals surface area contributed by atoms with Crippen LogP contribution in [0.5, 0.6) is 0 Å². The highest BCUT2D eigenvalue weighted by molar-refractivity contribution is 14.1. The number of rotatable bonds is 6. The summed E-state index contributed by atoms with van der Waals surface area (Å²) in [4.78, 5) is 0. The van der Waals surface area contributed by atoms with Gasteiger partial charge in [-0.05, 0) is 59.7 Å². The van der Waals surface area contributed by atoms with Crippen LogP contribution in [-0.2, 0) is 6.42 Å². The molecular weight excluding hydrogens is 357 g/mol. The standard InChI is InChI=1S/C13H16IN3S/c1-2-7-15-12(13-9-16-18-17-13)8-10-3-5-11(14)6-4-10/h3-6,9,12,15H,2,7-8H2,1H3. The average molecular weight is 373 g/mol. The Morgan fingerprint density at radius 2 is 2.11 bits per heavy atom. The lowest BCUT2D eigenvalue weighted by Gasteiger charge is -2.16. The van der Waals surface area contributed by atoms with E-state index >= 15 is 0 Å². The van der Waals surface area contributed by atoms with Gasteiger partial charge in [0.25, 0.3) is 0 Å². The van der Waals surface area contributed by atoms with Crippen LogP contribution in [0.3, 0.4) is 0 Å². The van der Waals surface area contributed by atoms with Crippen LogP contribution in [-0.4, -0.2) is 15.3 Å². The minimum Gasteiger partial charge on any atom is -0.308 e. The highest BCUT2D eigenvalue weighted by atomic mass is 127. The quantitative estimate of drug-likeness (QED) is 0.789. The fourth-order valence-electron chi connectivity index (χ4n) is 1.78. The number of halogens is 1. The van der Waals surface area contributed by atoms with Gasteiger partial charge < -0.3 is 5.32 Å². The van der Waals surface area contributed by atoms with Gasteiger partial charge in [-0.1, -0.05) is 19.1 Å². The second-order valence-electron chi connectivity index (χ2n) is 4.17. The first kappa shape index (κ1) is 13.9. The summed E-state index contributed by atoms with van der Waals surface area (Å²) < 4.78 is 9.71. The van der Waals surface area contributed by atoms with E-state index in [-0.39, 0.29) is 6.04 Å². The fourth-order valence-corrected chi connectivity index (χ4v) is 2.61. The van der Waals surface area contributed by atoms with Crippen LogP contribution in [0.4, 0.5) is 0 Å². The Hall–Kier alpha value is -0.530. The van der Waals surface area contributed by atoms with Crippen molar-refractivity contribution in [1.29, 1.82) is 0 Å². The molecule has 18 heavy (non-hydrogen) atoms. The summed E-state index contributed by atoms with van der Waals surface area (Å²) in [7, 11) is 0. The van der Waals surface area contributed by atoms with Gasteiger partial charge in [-0.25, -0.2) is 0 Å². The number of aromatic nitrogens is 2. The Morgan fingerprint density at radius 3 is 2.72 bits per heavy atom. The summed E-state index contributed by atoms with van der Waals surface area (Å²) in [6, 6.07) is 8.92. The summed E-state index contributed by atoms with van der Waals surface area (Å²) >= 11 is 3.60. The van der Waals surface area contributed by atoms with E-state index in [1.54, 1.807) is 0 Å². The number of nitrogens with zero attached hydrogens (tertiary/aromatic N) is 2. The van der Waals surface area contributed by atoms with E-state index in [0.29, 0.717) is 0 Å². The second-order valence-corrected chi connectivity index (χ2v) is 5.97. The summed E-state index contributed by atoms with van der Waals surface area (Å²) in [6.07, 6.45) is 3.95. The van der Waals surface area contributed by atoms with Gasteiger partial charge in [-0.3, -0.25) is 0 Å². The van der Waals surface area contributed by atoms with E-state index in [0.717, 1.165) is 25.1 Å². The predicted molar refractivity (Wildman–Crippen MR) is 83.8 cm³/mol. The van der Waals surface area contributed by atoms with Crippen molar-refractivity contribution in [2.75, 3.05) is 6.54 Å². The molecule has 5 heteroatoms. The first-order valence-corrected chi connectivity index (χ1v) is 7.85. The van der Waals surface area contributed by atoms with E-state index in [9.17, 15) is 0 Å². The Morgan fingerprint density at radius 1 is 1.33 bits per heavy atom. The maximum atomic E-state index is 4.35. The molecule has 96 valence electrons. The largest absolute Gasteiger partial charge is 0.308 e. The normalized spacial score (nSPS) is 12.6. The molecule has 1 unspecified atom stereocenters. The molecule has 0 aliphatic carbocycles. The fraction of sp³-hybridized carbons (Fsp3) is 0.385. The first-order valence-electron chi connectivity index (χ1n) is 6.05. The molecule has 3 nitrogen and oxygen atoms in total. The van der Waals surface area contributed by atoms with Crippen molar-refractivity contribution in [3.05, 3.63) is 45.3 Å². The second kappa shape index (κ2) is 7.16. The Balaban J connectivity index is 2.07. The lowest BCUT2D eigenvalue weighted by molar-refractivity contribution is 0.521. The maximum Gasteiger partial charge on any atom is 0.0915 e. The van der Waals surface area contributed by atoms with Gasteiger partial charge in [0.2, 0.25) is 0 Å². The van der Waals surface area contributed by atoms with E-state index in [1.165, 1.54) is 20.9 Å². The number of hydrogen-bond donors (Lipinski definition) is 1. The molecule has 0 aliphatic rings. The first-order chi connectivity index (χ1) is 8.79. The van der Waals surface area contributed by atoms with Crippen LogP contribution in [0.25, 0.3) is 0 Å². The molecule has 2 aromatic rings. The monoisotopic (exact) mass is 373 g/mol. The third-order valence-corrected chi connectivity index (χ3v) is 3.94. The van der Waals surface area contributed by atoms with Crippen LogP contribution in [0.15, 0.2) is 30.5 Å². The summed E-state index contributed by atoms with van der Waals surface area (Å²) in [5.41, 5.74) is 2.38. The van der Waals surface area contributed by atoms with Gasteiger partial charge in [0.15, 0.2) is 0 Å². The highest BCUT2D eigenvalue weighted by Crippen LogP contribution is 2.18. The van der Waals surface area contributed by atoms with Gasteiger partial charge >= 0.3 is 0 Å². The molecule has 1 aromatic heterocycles. The molecule has 0 amide bonds. The molecule has 1 N–H and O–H groups in total. The molecule has 0 aliphatic heterocycles. The molecule has 0 radical (unpaired) electrons. The molecule has 1 atom stereocenters. The van der Waals surface area contributed by atoms with Crippen LogP contribution < -0.4 is 5.32 Å². The maximum absolute atomic E-state index is 4.35. The van der Waals surface area contributed by atoms with Crippen molar-refractivity contribution in [2.45, 2.75) is 25.8 Å². The lowest BCUT2D eigenvalue weighted by Crippen LogP contribution is -2.24. The van der Waals surface area contributed by atoms with Crippen molar-refractivity contribution < 1.29 is 0 Å². The third-order valence-electron chi connectivity index (χ3n) is 2.73. The minimum atomic E-state index is 0.267. The van der Waals surface area contributed by atoms with Crippen molar-refractivity contribution in [3.63, 3.8) is 0 Å². The zero-order chi connectivity index (χ0) is 12.8. The van der Waals surface area contributed by atoms with Crippen LogP contribution in [0.2, 0.25) is 0 Å². The van der Waals surface area contributed by atoms with Gasteiger partial charge in [-0.2, -0.15) is 8.75 Å². The summed E-state index contributed by atoms with van der Waals surface area (Å²) in [5, 5.41) is 3.54. The van der Waals surface area contributed by atoms with Crippen molar-refractivity contribution in [2.24, 2.45) is 0 Å². The van der Waals surface area contributed by atoms with E-state index in [1.807, 2.05) is 6.20 Å². The van der Waals surface area contributed by atoms with Crippen LogP contribution in [0, 0.1) is 3.57 Å². The van der Waals surface area contributed by atoms with E-state index in [4.69, 9.17) is 0 Å². The molecule has 0 saturated carbocycles. The van der Waals surface area contributed by atoms with Crippen LogP contribution in [0.1, 0.15) is 30.6 Å². The molecule has 0 spiro atoms. The topological polar surface area (TPSA) is 37.8 Å². The molecule has 1 aromatic carbocycles. The zero-order valence-electron chi connectivity index (χ0n) is 10.3. The molecule has 2 rings (SSSR count). The highest BCUT2D eigenvalue weighted by Gasteiger charge is 2.14. The molecule has 0 fully saturated rings. The van der Waals surface area contributed by atoms with Gasteiger partial charge in [0, 0.05) is 3.57 Å². The Labute approximate surface area is 125 Å². The molecule has 1 heterocycles. The SMILES string of the molecule is CCCNC(Cc1ccc(I)cc1)c1cnsn1. The van der Waals surface area contributed by atoms with Gasteiger partial charge in [-0.15, -0.1) is 0 Å². The molecule has 0 saturated heterocycles. The smallest absolute Gasteiger partial charge is 0.0915 e. The third kappa shape index (κ3) is 4.00. The van der Waals surface area contributed by atoms with Crippen molar-refractivity contribution in [1.82, 2.24) is 14.1 Å². The van der Waals surface area contributed by atoms with E-state index in [2.05, 4.69) is 67.8 Å². The van der Waals surface area contributed by atoms with Gasteiger partial charge in [0.1, 0.15) is 0 Å². The average Bonchev–Trinajstić information content (AvgIpc) is 2.90. The van der Waals surface area contributed by atoms with Crippen LogP contribution >= 0.6 is 34.3 Å². The number of nitrogens with one attached hydrogen (secondary N) is 1.